The molecule has 1 amide bonds. The van der Waals surface area contributed by atoms with Gasteiger partial charge in [-0.2, -0.15) is 0 Å². The van der Waals surface area contributed by atoms with Crippen molar-refractivity contribution in [2.75, 3.05) is 26.2 Å². The van der Waals surface area contributed by atoms with Crippen molar-refractivity contribution < 1.29 is 9.90 Å². The Balaban J connectivity index is 2.03. The summed E-state index contributed by atoms with van der Waals surface area (Å²) in [6, 6.07) is 8.16. The molecule has 2 rings (SSSR count). The maximum absolute atomic E-state index is 12.8. The Labute approximate surface area is 140 Å². The topological polar surface area (TPSA) is 43.8 Å². The van der Waals surface area contributed by atoms with Crippen LogP contribution in [0.5, 0.6) is 0 Å². The molecule has 0 radical (unpaired) electrons. The van der Waals surface area contributed by atoms with Crippen LogP contribution >= 0.6 is 0 Å². The second-order valence-electron chi connectivity index (χ2n) is 7.78. The fourth-order valence-corrected chi connectivity index (χ4v) is 3.15. The summed E-state index contributed by atoms with van der Waals surface area (Å²) in [7, 11) is 0. The van der Waals surface area contributed by atoms with Crippen LogP contribution in [0.3, 0.4) is 0 Å². The first-order valence-corrected chi connectivity index (χ1v) is 8.50. The number of carbonyl (C=O) groups is 1. The van der Waals surface area contributed by atoms with Crippen LogP contribution in [0.2, 0.25) is 0 Å². The number of aliphatic hydroxyl groups is 1. The van der Waals surface area contributed by atoms with Gasteiger partial charge in [-0.05, 0) is 37.0 Å². The molecule has 1 aromatic carbocycles. The van der Waals surface area contributed by atoms with Gasteiger partial charge in [-0.25, -0.2) is 0 Å². The zero-order chi connectivity index (χ0) is 17.2. The van der Waals surface area contributed by atoms with Crippen LogP contribution in [-0.4, -0.2) is 59.1 Å². The molecule has 0 aliphatic carbocycles. The van der Waals surface area contributed by atoms with Crippen molar-refractivity contribution >= 4 is 5.91 Å². The molecule has 1 saturated heterocycles. The highest BCUT2D eigenvalue weighted by molar-refractivity contribution is 5.94. The summed E-state index contributed by atoms with van der Waals surface area (Å²) in [6.45, 7) is 13.4. The minimum atomic E-state index is -0.325. The number of hydrogen-bond donors (Lipinski definition) is 1. The van der Waals surface area contributed by atoms with Gasteiger partial charge in [-0.1, -0.05) is 32.9 Å². The van der Waals surface area contributed by atoms with Crippen molar-refractivity contribution in [2.45, 2.75) is 52.2 Å². The fraction of sp³-hybridized carbons (Fsp3) is 0.632. The standard InChI is InChI=1S/C19H30N2O2/c1-14-12-20(13-15(2)22)10-11-21(14)18(23)16-6-8-17(9-7-16)19(3,4)5/h6-9,14-15,22H,10-13H2,1-5H3. The third-order valence-corrected chi connectivity index (χ3v) is 4.49. The Morgan fingerprint density at radius 1 is 1.26 bits per heavy atom. The Morgan fingerprint density at radius 3 is 2.35 bits per heavy atom. The summed E-state index contributed by atoms with van der Waals surface area (Å²) >= 11 is 0. The number of benzene rings is 1. The third kappa shape index (κ3) is 4.55. The lowest BCUT2D eigenvalue weighted by atomic mass is 9.86. The molecule has 1 N–H and O–H groups in total. The Bertz CT molecular complexity index is 531. The summed E-state index contributed by atoms with van der Waals surface area (Å²) < 4.78 is 0. The number of piperazine rings is 1. The van der Waals surface area contributed by atoms with E-state index in [9.17, 15) is 9.90 Å². The number of nitrogens with zero attached hydrogens (tertiary/aromatic N) is 2. The zero-order valence-corrected chi connectivity index (χ0v) is 15.0. The molecule has 1 aromatic rings. The minimum Gasteiger partial charge on any atom is -0.392 e. The van der Waals surface area contributed by atoms with Crippen molar-refractivity contribution in [3.05, 3.63) is 35.4 Å². The van der Waals surface area contributed by atoms with E-state index in [1.807, 2.05) is 17.0 Å². The van der Waals surface area contributed by atoms with Gasteiger partial charge in [0.05, 0.1) is 6.10 Å². The molecule has 2 atom stereocenters. The van der Waals surface area contributed by atoms with Gasteiger partial charge in [0.2, 0.25) is 0 Å². The molecule has 23 heavy (non-hydrogen) atoms. The smallest absolute Gasteiger partial charge is 0.254 e. The molecular weight excluding hydrogens is 288 g/mol. The van der Waals surface area contributed by atoms with Crippen LogP contribution in [-0.2, 0) is 5.41 Å². The molecule has 0 saturated carbocycles. The van der Waals surface area contributed by atoms with Gasteiger partial charge in [-0.3, -0.25) is 9.69 Å². The van der Waals surface area contributed by atoms with Crippen molar-refractivity contribution in [3.63, 3.8) is 0 Å². The Kier molecular flexibility index (Phi) is 5.48. The molecule has 4 heteroatoms. The van der Waals surface area contributed by atoms with Crippen LogP contribution in [0, 0.1) is 0 Å². The van der Waals surface area contributed by atoms with E-state index in [1.54, 1.807) is 6.92 Å². The maximum Gasteiger partial charge on any atom is 0.254 e. The number of carbonyl (C=O) groups excluding carboxylic acids is 1. The minimum absolute atomic E-state index is 0.0987. The first-order valence-electron chi connectivity index (χ1n) is 8.50. The zero-order valence-electron chi connectivity index (χ0n) is 15.0. The molecular formula is C19H30N2O2. The van der Waals surface area contributed by atoms with E-state index in [4.69, 9.17) is 0 Å². The van der Waals surface area contributed by atoms with Crippen LogP contribution < -0.4 is 0 Å². The number of amides is 1. The summed E-state index contributed by atoms with van der Waals surface area (Å²) in [5, 5.41) is 9.51. The van der Waals surface area contributed by atoms with E-state index in [1.165, 1.54) is 5.56 Å². The Morgan fingerprint density at radius 2 is 1.87 bits per heavy atom. The molecule has 0 aromatic heterocycles. The van der Waals surface area contributed by atoms with Crippen molar-refractivity contribution in [1.82, 2.24) is 9.80 Å². The van der Waals surface area contributed by atoms with Gasteiger partial charge in [0, 0.05) is 37.8 Å². The molecule has 0 spiro atoms. The lowest BCUT2D eigenvalue weighted by Crippen LogP contribution is -2.55. The summed E-state index contributed by atoms with van der Waals surface area (Å²) in [4.78, 5) is 16.9. The van der Waals surface area contributed by atoms with E-state index >= 15 is 0 Å². The van der Waals surface area contributed by atoms with E-state index in [-0.39, 0.29) is 23.5 Å². The molecule has 1 aliphatic rings. The predicted molar refractivity (Wildman–Crippen MR) is 93.8 cm³/mol. The second kappa shape index (κ2) is 7.02. The Hall–Kier alpha value is -1.39. The molecule has 128 valence electrons. The monoisotopic (exact) mass is 318 g/mol. The van der Waals surface area contributed by atoms with Crippen LogP contribution in [0.25, 0.3) is 0 Å². The normalized spacial score (nSPS) is 21.3. The van der Waals surface area contributed by atoms with Crippen LogP contribution in [0.4, 0.5) is 0 Å². The first-order chi connectivity index (χ1) is 10.7. The molecule has 1 aliphatic heterocycles. The van der Waals surface area contributed by atoms with Crippen molar-refractivity contribution in [3.8, 4) is 0 Å². The molecule has 1 fully saturated rings. The van der Waals surface area contributed by atoms with E-state index in [2.05, 4.69) is 44.7 Å². The largest absolute Gasteiger partial charge is 0.392 e. The fourth-order valence-electron chi connectivity index (χ4n) is 3.15. The van der Waals surface area contributed by atoms with E-state index < -0.39 is 0 Å². The molecule has 4 nitrogen and oxygen atoms in total. The highest BCUT2D eigenvalue weighted by atomic mass is 16.3. The average molecular weight is 318 g/mol. The van der Waals surface area contributed by atoms with Gasteiger partial charge < -0.3 is 10.0 Å². The van der Waals surface area contributed by atoms with Gasteiger partial charge in [-0.15, -0.1) is 0 Å². The van der Waals surface area contributed by atoms with E-state index in [0.717, 1.165) is 18.7 Å². The maximum atomic E-state index is 12.8. The van der Waals surface area contributed by atoms with Gasteiger partial charge in [0.1, 0.15) is 0 Å². The highest BCUT2D eigenvalue weighted by Crippen LogP contribution is 2.23. The van der Waals surface area contributed by atoms with Crippen molar-refractivity contribution in [1.29, 1.82) is 0 Å². The lowest BCUT2D eigenvalue weighted by Gasteiger charge is -2.40. The van der Waals surface area contributed by atoms with E-state index in [0.29, 0.717) is 13.1 Å². The summed E-state index contributed by atoms with van der Waals surface area (Å²) in [5.41, 5.74) is 2.10. The quantitative estimate of drug-likeness (QED) is 0.931. The highest BCUT2D eigenvalue weighted by Gasteiger charge is 2.28. The van der Waals surface area contributed by atoms with Crippen LogP contribution in [0.1, 0.15) is 50.5 Å². The summed E-state index contributed by atoms with van der Waals surface area (Å²) in [5.74, 6) is 0.106. The van der Waals surface area contributed by atoms with Gasteiger partial charge in [0.25, 0.3) is 5.91 Å². The summed E-state index contributed by atoms with van der Waals surface area (Å²) in [6.07, 6.45) is -0.325. The number of hydrogen-bond acceptors (Lipinski definition) is 3. The number of rotatable bonds is 3. The predicted octanol–water partition coefficient (Wildman–Crippen LogP) is 2.51. The van der Waals surface area contributed by atoms with Gasteiger partial charge in [0.15, 0.2) is 0 Å². The lowest BCUT2D eigenvalue weighted by molar-refractivity contribution is 0.0383. The van der Waals surface area contributed by atoms with Gasteiger partial charge >= 0.3 is 0 Å². The average Bonchev–Trinajstić information content (AvgIpc) is 2.45. The molecule has 2 unspecified atom stereocenters. The van der Waals surface area contributed by atoms with Crippen molar-refractivity contribution in [2.24, 2.45) is 0 Å². The number of aliphatic hydroxyl groups excluding tert-OH is 1. The second-order valence-corrected chi connectivity index (χ2v) is 7.78. The van der Waals surface area contributed by atoms with Crippen LogP contribution in [0.15, 0.2) is 24.3 Å². The SMILES string of the molecule is CC(O)CN1CCN(C(=O)c2ccc(C(C)(C)C)cc2)C(C)C1. The third-order valence-electron chi connectivity index (χ3n) is 4.49. The number of β-amino-alcohol motifs (C(OH)–C–C–N with tert-alkyl or cyclic N) is 1. The first kappa shape index (κ1) is 18.0. The molecule has 1 heterocycles. The molecule has 0 bridgehead atoms.